The summed E-state index contributed by atoms with van der Waals surface area (Å²) in [5, 5.41) is 22.1. The summed E-state index contributed by atoms with van der Waals surface area (Å²) in [5.41, 5.74) is 1.74. The van der Waals surface area contributed by atoms with E-state index in [0.29, 0.717) is 16.9 Å². The maximum absolute atomic E-state index is 12.6. The second-order valence-corrected chi connectivity index (χ2v) is 12.0. The molecule has 0 radical (unpaired) electrons. The van der Waals surface area contributed by atoms with Crippen LogP contribution in [0.5, 0.6) is 28.7 Å². The summed E-state index contributed by atoms with van der Waals surface area (Å²) in [6.45, 7) is 5.45. The van der Waals surface area contributed by atoms with Gasteiger partial charge in [-0.25, -0.2) is 24.5 Å². The molecule has 5 aromatic rings. The molecule has 0 aliphatic carbocycles. The number of esters is 2. The Kier molecular flexibility index (Phi) is 40.0. The van der Waals surface area contributed by atoms with Crippen LogP contribution in [0, 0.1) is 0 Å². The Hall–Kier alpha value is -6.83. The Morgan fingerprint density at radius 3 is 1.32 bits per heavy atom. The number of hydrogen-bond acceptors (Lipinski definition) is 14. The van der Waals surface area contributed by atoms with Gasteiger partial charge in [0.15, 0.2) is 41.2 Å². The van der Waals surface area contributed by atoms with Crippen LogP contribution in [0.15, 0.2) is 84.9 Å². The van der Waals surface area contributed by atoms with Gasteiger partial charge in [-0.1, -0.05) is 101 Å². The van der Waals surface area contributed by atoms with Crippen molar-refractivity contribution in [2.75, 3.05) is 20.3 Å². The summed E-state index contributed by atoms with van der Waals surface area (Å²) in [6.07, 6.45) is -1.81. The number of methoxy groups -OCH3 is 1. The Balaban J connectivity index is -0.000000467. The number of rotatable bonds is 15. The van der Waals surface area contributed by atoms with Crippen LogP contribution < -0.4 is 14.2 Å². The summed E-state index contributed by atoms with van der Waals surface area (Å²) in [5.74, 6) is -0.766. The number of aromatic hydroxyl groups is 2. The van der Waals surface area contributed by atoms with Crippen molar-refractivity contribution in [1.29, 1.82) is 0 Å². The minimum Gasteiger partial charge on any atom is -0.507 e. The molecular weight excluding hydrogens is 843 g/mol. The Bertz CT molecular complexity index is 2170. The molecule has 0 saturated heterocycles. The molecule has 2 N–H and O–H groups in total. The van der Waals surface area contributed by atoms with E-state index in [1.165, 1.54) is 69.3 Å². The molecule has 5 rings (SSSR count). The van der Waals surface area contributed by atoms with E-state index in [2.05, 4.69) is 15.0 Å². The van der Waals surface area contributed by atoms with Crippen molar-refractivity contribution in [2.45, 2.75) is 129 Å². The van der Waals surface area contributed by atoms with Crippen LogP contribution in [0.2, 0.25) is 0 Å². The fourth-order valence-electron chi connectivity index (χ4n) is 4.89. The average Bonchev–Trinajstić information content (AvgIpc) is 3.16. The number of carbonyl (C=O) groups is 4. The largest absolute Gasteiger partial charge is 0.507 e. The first kappa shape index (κ1) is 76.5. The quantitative estimate of drug-likeness (QED) is 0.0572. The normalized spacial score (nSPS) is 9.71. The van der Waals surface area contributed by atoms with Crippen molar-refractivity contribution in [1.82, 2.24) is 15.0 Å². The molecule has 374 valence electrons. The molecule has 2 unspecified atom stereocenters. The van der Waals surface area contributed by atoms with E-state index in [1.807, 2.05) is 0 Å². The van der Waals surface area contributed by atoms with Crippen molar-refractivity contribution in [3.05, 3.63) is 96.1 Å². The van der Waals surface area contributed by atoms with Gasteiger partial charge in [0.05, 0.1) is 23.8 Å². The van der Waals surface area contributed by atoms with Gasteiger partial charge in [0.1, 0.15) is 42.0 Å². The Labute approximate surface area is 398 Å². The fourth-order valence-corrected chi connectivity index (χ4v) is 4.89. The van der Waals surface area contributed by atoms with Gasteiger partial charge in [-0.05, 0) is 88.4 Å². The van der Waals surface area contributed by atoms with E-state index in [-0.39, 0.29) is 171 Å². The molecule has 0 saturated carbocycles. The zero-order chi connectivity index (χ0) is 38.9. The summed E-state index contributed by atoms with van der Waals surface area (Å²) in [7, 11) is 1.54. The van der Waals surface area contributed by atoms with E-state index in [9.17, 15) is 29.4 Å². The molecule has 0 aliphatic heterocycles. The number of nitrogens with zero attached hydrogens (tertiary/aromatic N) is 3. The van der Waals surface area contributed by atoms with Gasteiger partial charge in [0, 0.05) is 23.3 Å². The van der Waals surface area contributed by atoms with Crippen LogP contribution in [-0.4, -0.2) is 81.2 Å². The lowest BCUT2D eigenvalue weighted by Crippen LogP contribution is -2.27. The number of ether oxygens (including phenoxy) is 5. The van der Waals surface area contributed by atoms with Crippen LogP contribution >= 0.6 is 0 Å². The number of aromatic nitrogens is 3. The van der Waals surface area contributed by atoms with Crippen LogP contribution in [0.1, 0.15) is 138 Å². The smallest absolute Gasteiger partial charge is 0.347 e. The number of carbonyl (C=O) groups excluding carboxylic acids is 4. The highest BCUT2D eigenvalue weighted by Gasteiger charge is 2.21. The average molecular weight is 928 g/mol. The maximum Gasteiger partial charge on any atom is 0.347 e. The van der Waals surface area contributed by atoms with Crippen LogP contribution in [0.3, 0.4) is 0 Å². The minimum absolute atomic E-state index is 0. The third-order valence-electron chi connectivity index (χ3n) is 8.02. The second-order valence-electron chi connectivity index (χ2n) is 12.0. The first-order valence-electron chi connectivity index (χ1n) is 16.7. The number of Topliss-reactive ketones (excluding diaryl/α,β-unsaturated/α-hetero) is 2. The van der Waals surface area contributed by atoms with Crippen LogP contribution in [-0.2, 0) is 19.1 Å². The van der Waals surface area contributed by atoms with Crippen molar-refractivity contribution in [2.24, 2.45) is 0 Å². The summed E-state index contributed by atoms with van der Waals surface area (Å²) in [6, 6.07) is 21.7. The molecule has 0 aliphatic rings. The summed E-state index contributed by atoms with van der Waals surface area (Å²) >= 11 is 0. The third-order valence-corrected chi connectivity index (χ3v) is 8.02. The van der Waals surface area contributed by atoms with E-state index >= 15 is 0 Å². The first-order valence-corrected chi connectivity index (χ1v) is 16.7. The predicted molar refractivity (Wildman–Crippen MR) is 275 cm³/mol. The van der Waals surface area contributed by atoms with Crippen molar-refractivity contribution >= 4 is 23.5 Å². The van der Waals surface area contributed by atoms with E-state index in [4.69, 9.17) is 23.7 Å². The minimum atomic E-state index is -1.09. The van der Waals surface area contributed by atoms with Gasteiger partial charge >= 0.3 is 11.9 Å². The zero-order valence-electron chi connectivity index (χ0n) is 30.1. The number of phenols is 2. The highest BCUT2D eigenvalue weighted by molar-refractivity contribution is 5.96. The Morgan fingerprint density at radius 2 is 0.909 bits per heavy atom. The first-order chi connectivity index (χ1) is 25.8. The zero-order valence-corrected chi connectivity index (χ0v) is 30.1. The van der Waals surface area contributed by atoms with Gasteiger partial charge in [-0.2, -0.15) is 0 Å². The van der Waals surface area contributed by atoms with Gasteiger partial charge in [0.25, 0.3) is 0 Å². The highest BCUT2D eigenvalue weighted by Crippen LogP contribution is 2.36. The van der Waals surface area contributed by atoms with Gasteiger partial charge in [-0.3, -0.25) is 9.59 Å². The lowest BCUT2D eigenvalue weighted by molar-refractivity contribution is -0.152. The highest BCUT2D eigenvalue weighted by atomic mass is 16.6. The molecule has 0 fully saturated rings. The summed E-state index contributed by atoms with van der Waals surface area (Å²) in [4.78, 5) is 61.7. The predicted octanol–water partition coefficient (Wildman–Crippen LogP) is 13.7. The third kappa shape index (κ3) is 19.5. The number of hydrogen-bond donors (Lipinski definition) is 2. The van der Waals surface area contributed by atoms with Gasteiger partial charge in [-0.15, -0.1) is 0 Å². The van der Waals surface area contributed by atoms with E-state index in [1.54, 1.807) is 50.4 Å². The molecule has 1 aromatic heterocycles. The van der Waals surface area contributed by atoms with E-state index < -0.39 is 24.1 Å². The molecule has 66 heavy (non-hydrogen) atoms. The molecule has 2 atom stereocenters. The second kappa shape index (κ2) is 34.6. The van der Waals surface area contributed by atoms with Gasteiger partial charge < -0.3 is 33.9 Å². The fraction of sp³-hybridized carbons (Fsp3) is 0.404. The molecule has 14 nitrogen and oxygen atoms in total. The summed E-state index contributed by atoms with van der Waals surface area (Å²) < 4.78 is 26.9. The van der Waals surface area contributed by atoms with Crippen LogP contribution in [0.4, 0.5) is 0 Å². The number of ketones is 2. The molecule has 0 spiro atoms. The van der Waals surface area contributed by atoms with Gasteiger partial charge in [0.2, 0.25) is 0 Å². The number of phenolic OH excluding ortho intramolecular Hbond substituents is 2. The Morgan fingerprint density at radius 1 is 0.515 bits per heavy atom. The number of benzene rings is 4. The lowest BCUT2D eigenvalue weighted by Gasteiger charge is -2.15. The molecule has 0 bridgehead atoms. The molecular formula is C52H85N3O11. The van der Waals surface area contributed by atoms with Crippen molar-refractivity contribution in [3.8, 4) is 62.9 Å². The molecule has 14 heteroatoms. The lowest BCUT2D eigenvalue weighted by atomic mass is 10.1. The molecule has 4 aromatic carbocycles. The van der Waals surface area contributed by atoms with Crippen LogP contribution in [0.25, 0.3) is 34.2 Å². The van der Waals surface area contributed by atoms with Crippen molar-refractivity contribution in [3.63, 3.8) is 0 Å². The topological polar surface area (TPSA) is 194 Å². The SMILES string of the molecule is C.C.C.C.C.C.C.C.C.C.C.C.COc1ccc(-c2nc(-c3ccc(OC(C)C(C)=O)cc3O)nc(-c3ccc(OC(C)C(=O)OCCOC(=O)c4ccc(C(C)=O)cc4)cc3O)n2)cc1. The van der Waals surface area contributed by atoms with Crippen molar-refractivity contribution < 1.29 is 53.1 Å². The standard InChI is InChI=1S/C40H37N3O11.12CH4/c1-22(44)24(3)53-30-14-16-32(34(46)20-30)37-41-36(27-10-12-29(50-5)13-11-27)42-38(43-37)33-17-15-31(21-35(33)47)54-25(4)39(48)51-18-19-52-40(49)28-8-6-26(7-9-28)23(2)45;;;;;;;;;;;;/h6-17,20-21,24-25,46-47H,18-19H2,1-5H3;12*1H4. The monoisotopic (exact) mass is 928 g/mol. The van der Waals surface area contributed by atoms with E-state index in [0.717, 1.165) is 0 Å². The molecule has 0 amide bonds. The maximum atomic E-state index is 12.6. The molecule has 1 heterocycles.